The molecular weight excluding hydrogens is 302 g/mol. The molecule has 0 aromatic rings. The third-order valence-electron chi connectivity index (χ3n) is 4.29. The first kappa shape index (κ1) is 17.2. The molecule has 0 fully saturated rings. The number of rotatable bonds is 6. The van der Waals surface area contributed by atoms with Crippen molar-refractivity contribution in [2.75, 3.05) is 27.4 Å². The summed E-state index contributed by atoms with van der Waals surface area (Å²) in [6.07, 6.45) is 4.48. The fourth-order valence-electron chi connectivity index (χ4n) is 3.10. The predicted octanol–water partition coefficient (Wildman–Crippen LogP) is 0.393. The molecule has 0 saturated carbocycles. The third-order valence-corrected chi connectivity index (χ3v) is 4.29. The van der Waals surface area contributed by atoms with Gasteiger partial charge in [-0.3, -0.25) is 9.59 Å². The van der Waals surface area contributed by atoms with Crippen LogP contribution in [0.1, 0.15) is 19.3 Å². The molecule has 0 spiro atoms. The molecule has 1 aliphatic heterocycles. The smallest absolute Gasteiger partial charge is 0.335 e. The minimum absolute atomic E-state index is 0.162. The van der Waals surface area contributed by atoms with Gasteiger partial charge in [-0.1, -0.05) is 6.08 Å². The van der Waals surface area contributed by atoms with Crippen LogP contribution in [-0.4, -0.2) is 55.2 Å². The second-order valence-electron chi connectivity index (χ2n) is 5.54. The van der Waals surface area contributed by atoms with Crippen LogP contribution in [0, 0.1) is 11.8 Å². The SMILES string of the molecule is COC(=O)CCCN1C=C(C(=O)OC)C2CC=C(CO)C2C1=O. The number of ether oxygens (including phenoxy) is 2. The molecule has 0 bridgehead atoms. The maximum atomic E-state index is 12.6. The topological polar surface area (TPSA) is 93.1 Å². The van der Waals surface area contributed by atoms with Crippen molar-refractivity contribution in [2.45, 2.75) is 19.3 Å². The molecule has 23 heavy (non-hydrogen) atoms. The molecular formula is C16H21NO6. The van der Waals surface area contributed by atoms with Gasteiger partial charge in [0, 0.05) is 25.1 Å². The lowest BCUT2D eigenvalue weighted by atomic mass is 9.82. The second kappa shape index (κ2) is 7.41. The van der Waals surface area contributed by atoms with Crippen molar-refractivity contribution >= 4 is 17.8 Å². The number of esters is 2. The Balaban J connectivity index is 2.18. The van der Waals surface area contributed by atoms with E-state index >= 15 is 0 Å². The Hall–Kier alpha value is -2.15. The Bertz CT molecular complexity index is 565. The number of aliphatic hydroxyl groups is 1. The first-order chi connectivity index (χ1) is 11.0. The van der Waals surface area contributed by atoms with E-state index in [4.69, 9.17) is 4.74 Å². The highest BCUT2D eigenvalue weighted by Crippen LogP contribution is 2.41. The number of fused-ring (bicyclic) bond motifs is 1. The van der Waals surface area contributed by atoms with E-state index < -0.39 is 11.9 Å². The number of aliphatic hydroxyl groups excluding tert-OH is 1. The van der Waals surface area contributed by atoms with Crippen molar-refractivity contribution in [3.05, 3.63) is 23.4 Å². The zero-order valence-corrected chi connectivity index (χ0v) is 13.3. The summed E-state index contributed by atoms with van der Waals surface area (Å²) < 4.78 is 9.38. The van der Waals surface area contributed by atoms with Crippen LogP contribution >= 0.6 is 0 Å². The largest absolute Gasteiger partial charge is 0.469 e. The average Bonchev–Trinajstić information content (AvgIpc) is 3.00. The van der Waals surface area contributed by atoms with Gasteiger partial charge in [-0.2, -0.15) is 0 Å². The van der Waals surface area contributed by atoms with E-state index in [2.05, 4.69) is 4.74 Å². The molecule has 1 amide bonds. The monoisotopic (exact) mass is 323 g/mol. The zero-order chi connectivity index (χ0) is 17.0. The van der Waals surface area contributed by atoms with Crippen LogP contribution in [0.2, 0.25) is 0 Å². The van der Waals surface area contributed by atoms with Gasteiger partial charge in [-0.15, -0.1) is 0 Å². The summed E-state index contributed by atoms with van der Waals surface area (Å²) in [6, 6.07) is 0. The second-order valence-corrected chi connectivity index (χ2v) is 5.54. The van der Waals surface area contributed by atoms with Crippen LogP contribution < -0.4 is 0 Å². The molecule has 0 radical (unpaired) electrons. The Labute approximate surface area is 134 Å². The normalized spacial score (nSPS) is 23.1. The van der Waals surface area contributed by atoms with E-state index in [-0.39, 0.29) is 30.8 Å². The van der Waals surface area contributed by atoms with Crippen LogP contribution in [0.4, 0.5) is 0 Å². The van der Waals surface area contributed by atoms with Gasteiger partial charge in [0.25, 0.3) is 0 Å². The molecule has 1 N–H and O–H groups in total. The Kier molecular flexibility index (Phi) is 5.54. The van der Waals surface area contributed by atoms with E-state index in [0.717, 1.165) is 0 Å². The third kappa shape index (κ3) is 3.44. The maximum absolute atomic E-state index is 12.6. The Morgan fingerprint density at radius 2 is 2.09 bits per heavy atom. The van der Waals surface area contributed by atoms with Crippen LogP contribution in [0.15, 0.2) is 23.4 Å². The van der Waals surface area contributed by atoms with Crippen molar-refractivity contribution in [3.8, 4) is 0 Å². The van der Waals surface area contributed by atoms with Gasteiger partial charge in [0.1, 0.15) is 0 Å². The van der Waals surface area contributed by atoms with Crippen molar-refractivity contribution in [1.29, 1.82) is 0 Å². The summed E-state index contributed by atoms with van der Waals surface area (Å²) in [5.41, 5.74) is 1.06. The molecule has 2 atom stereocenters. The molecule has 1 heterocycles. The van der Waals surface area contributed by atoms with Gasteiger partial charge in [0.2, 0.25) is 5.91 Å². The van der Waals surface area contributed by atoms with Gasteiger partial charge in [-0.05, 0) is 18.4 Å². The van der Waals surface area contributed by atoms with Crippen molar-refractivity contribution in [2.24, 2.45) is 11.8 Å². The quantitative estimate of drug-likeness (QED) is 0.561. The highest BCUT2D eigenvalue weighted by molar-refractivity contribution is 5.95. The first-order valence-electron chi connectivity index (χ1n) is 7.50. The molecule has 0 aromatic carbocycles. The standard InChI is InChI=1S/C16H21NO6/c1-22-13(19)4-3-7-17-8-12(16(21)23-2)11-6-5-10(9-18)14(11)15(17)20/h5,8,11,14,18H,3-4,6-7,9H2,1-2H3. The van der Waals surface area contributed by atoms with Gasteiger partial charge < -0.3 is 19.5 Å². The van der Waals surface area contributed by atoms with E-state index in [1.54, 1.807) is 0 Å². The number of carbonyl (C=O) groups excluding carboxylic acids is 3. The van der Waals surface area contributed by atoms with Gasteiger partial charge in [-0.25, -0.2) is 4.79 Å². The van der Waals surface area contributed by atoms with Crippen LogP contribution in [0.5, 0.6) is 0 Å². The summed E-state index contributed by atoms with van der Waals surface area (Å²) >= 11 is 0. The van der Waals surface area contributed by atoms with Gasteiger partial charge >= 0.3 is 11.9 Å². The molecule has 7 heteroatoms. The minimum atomic E-state index is -0.530. The number of nitrogens with zero attached hydrogens (tertiary/aromatic N) is 1. The van der Waals surface area contributed by atoms with Crippen molar-refractivity contribution in [3.63, 3.8) is 0 Å². The fraction of sp³-hybridized carbons (Fsp3) is 0.562. The lowest BCUT2D eigenvalue weighted by molar-refractivity contribution is -0.142. The highest BCUT2D eigenvalue weighted by Gasteiger charge is 2.44. The molecule has 2 aliphatic rings. The summed E-state index contributed by atoms with van der Waals surface area (Å²) in [4.78, 5) is 37.2. The summed E-state index contributed by atoms with van der Waals surface area (Å²) in [7, 11) is 2.61. The number of amides is 1. The zero-order valence-electron chi connectivity index (χ0n) is 13.3. The number of allylic oxidation sites excluding steroid dienone is 1. The molecule has 1 aliphatic carbocycles. The molecule has 0 aromatic heterocycles. The molecule has 126 valence electrons. The van der Waals surface area contributed by atoms with Crippen molar-refractivity contribution < 1.29 is 29.0 Å². The number of carbonyl (C=O) groups is 3. The summed E-state index contributed by atoms with van der Waals surface area (Å²) in [5, 5.41) is 9.44. The Morgan fingerprint density at radius 3 is 2.70 bits per heavy atom. The molecule has 2 unspecified atom stereocenters. The lowest BCUT2D eigenvalue weighted by Gasteiger charge is -2.33. The summed E-state index contributed by atoms with van der Waals surface area (Å²) in [5.74, 6) is -1.80. The highest BCUT2D eigenvalue weighted by atomic mass is 16.5. The van der Waals surface area contributed by atoms with Crippen LogP contribution in [-0.2, 0) is 23.9 Å². The lowest BCUT2D eigenvalue weighted by Crippen LogP contribution is -2.42. The first-order valence-corrected chi connectivity index (χ1v) is 7.50. The number of methoxy groups -OCH3 is 2. The fourth-order valence-corrected chi connectivity index (χ4v) is 3.10. The minimum Gasteiger partial charge on any atom is -0.469 e. The molecule has 2 rings (SSSR count). The average molecular weight is 323 g/mol. The van der Waals surface area contributed by atoms with Crippen LogP contribution in [0.3, 0.4) is 0 Å². The Morgan fingerprint density at radius 1 is 1.35 bits per heavy atom. The van der Waals surface area contributed by atoms with Crippen molar-refractivity contribution in [1.82, 2.24) is 4.90 Å². The molecule has 0 saturated heterocycles. The summed E-state index contributed by atoms with van der Waals surface area (Å²) in [6.45, 7) is 0.0910. The number of hydrogen-bond donors (Lipinski definition) is 1. The van der Waals surface area contributed by atoms with Gasteiger partial charge in [0.15, 0.2) is 0 Å². The van der Waals surface area contributed by atoms with E-state index in [1.165, 1.54) is 25.3 Å². The predicted molar refractivity (Wildman–Crippen MR) is 79.8 cm³/mol. The number of hydrogen-bond acceptors (Lipinski definition) is 6. The maximum Gasteiger partial charge on any atom is 0.335 e. The van der Waals surface area contributed by atoms with Crippen LogP contribution in [0.25, 0.3) is 0 Å². The van der Waals surface area contributed by atoms with E-state index in [9.17, 15) is 19.5 Å². The van der Waals surface area contributed by atoms with E-state index in [1.807, 2.05) is 6.08 Å². The van der Waals surface area contributed by atoms with Gasteiger partial charge in [0.05, 0.1) is 32.3 Å². The molecule has 7 nitrogen and oxygen atoms in total. The van der Waals surface area contributed by atoms with E-state index in [0.29, 0.717) is 30.5 Å².